The van der Waals surface area contributed by atoms with Gasteiger partial charge in [0.15, 0.2) is 5.75 Å². The van der Waals surface area contributed by atoms with Gasteiger partial charge in [-0.05, 0) is 26.0 Å². The first-order valence-electron chi connectivity index (χ1n) is 6.82. The molecule has 0 aliphatic carbocycles. The zero-order valence-corrected chi connectivity index (χ0v) is 13.4. The number of phenolic OH excluding ortho intramolecular Hbond substituents is 1. The van der Waals surface area contributed by atoms with Crippen molar-refractivity contribution in [1.82, 2.24) is 14.9 Å². The van der Waals surface area contributed by atoms with Crippen molar-refractivity contribution in [1.29, 1.82) is 0 Å². The number of nitrogens with one attached hydrogen (secondary N) is 1. The number of aromatic hydroxyl groups is 1. The van der Waals surface area contributed by atoms with Gasteiger partial charge in [-0.3, -0.25) is 9.36 Å². The standard InChI is InChI=1S/C14H17Cl2N3O2/c1-3-5-17-7-10-18-12-11(14(21)19(10)4-2)8(15)6-9(16)13(12)20/h6,17,20H,3-5,7H2,1-2H3. The van der Waals surface area contributed by atoms with Crippen LogP contribution in [0.4, 0.5) is 0 Å². The van der Waals surface area contributed by atoms with Crippen molar-refractivity contribution < 1.29 is 5.11 Å². The quantitative estimate of drug-likeness (QED) is 0.827. The van der Waals surface area contributed by atoms with Crippen LogP contribution in [-0.4, -0.2) is 21.2 Å². The summed E-state index contributed by atoms with van der Waals surface area (Å²) in [5.74, 6) is 0.338. The smallest absolute Gasteiger partial charge is 0.263 e. The molecule has 7 heteroatoms. The van der Waals surface area contributed by atoms with Gasteiger partial charge in [0, 0.05) is 6.54 Å². The van der Waals surface area contributed by atoms with Crippen LogP contribution in [0, 0.1) is 0 Å². The summed E-state index contributed by atoms with van der Waals surface area (Å²) in [5, 5.41) is 13.7. The van der Waals surface area contributed by atoms with E-state index in [2.05, 4.69) is 17.2 Å². The minimum atomic E-state index is -0.271. The minimum absolute atomic E-state index is 0.0844. The van der Waals surface area contributed by atoms with E-state index in [1.54, 1.807) is 4.57 Å². The molecule has 0 bridgehead atoms. The van der Waals surface area contributed by atoms with Crippen molar-refractivity contribution in [2.45, 2.75) is 33.4 Å². The molecule has 2 aromatic rings. The molecular weight excluding hydrogens is 313 g/mol. The number of benzene rings is 1. The molecule has 0 radical (unpaired) electrons. The molecule has 0 atom stereocenters. The Hall–Kier alpha value is -1.30. The Kier molecular flexibility index (Phi) is 5.08. The van der Waals surface area contributed by atoms with Gasteiger partial charge in [-0.2, -0.15) is 0 Å². The van der Waals surface area contributed by atoms with E-state index in [1.165, 1.54) is 6.07 Å². The van der Waals surface area contributed by atoms with Gasteiger partial charge < -0.3 is 10.4 Å². The van der Waals surface area contributed by atoms with E-state index < -0.39 is 0 Å². The maximum Gasteiger partial charge on any atom is 0.263 e. The molecule has 0 saturated heterocycles. The predicted molar refractivity (Wildman–Crippen MR) is 85.4 cm³/mol. The third-order valence-corrected chi connectivity index (χ3v) is 3.80. The third-order valence-electron chi connectivity index (χ3n) is 3.22. The van der Waals surface area contributed by atoms with Crippen LogP contribution in [0.15, 0.2) is 10.9 Å². The SMILES string of the molecule is CCCNCc1nc2c(O)c(Cl)cc(Cl)c2c(=O)n1CC. The van der Waals surface area contributed by atoms with Crippen LogP contribution in [-0.2, 0) is 13.1 Å². The summed E-state index contributed by atoms with van der Waals surface area (Å²) in [6, 6.07) is 1.36. The van der Waals surface area contributed by atoms with Crippen molar-refractivity contribution in [3.8, 4) is 5.75 Å². The number of fused-ring (bicyclic) bond motifs is 1. The summed E-state index contributed by atoms with van der Waals surface area (Å²) in [7, 11) is 0. The summed E-state index contributed by atoms with van der Waals surface area (Å²) in [5.41, 5.74) is -0.122. The molecular formula is C14H17Cl2N3O2. The number of hydrogen-bond donors (Lipinski definition) is 2. The molecule has 0 spiro atoms. The molecule has 0 aliphatic rings. The fraction of sp³-hybridized carbons (Fsp3) is 0.429. The van der Waals surface area contributed by atoms with Gasteiger partial charge in [-0.1, -0.05) is 30.1 Å². The first kappa shape index (κ1) is 16.1. The van der Waals surface area contributed by atoms with Crippen LogP contribution in [0.1, 0.15) is 26.1 Å². The minimum Gasteiger partial charge on any atom is -0.504 e. The average molecular weight is 330 g/mol. The van der Waals surface area contributed by atoms with Crippen molar-refractivity contribution in [2.24, 2.45) is 0 Å². The lowest BCUT2D eigenvalue weighted by Crippen LogP contribution is -2.28. The van der Waals surface area contributed by atoms with E-state index in [0.29, 0.717) is 18.9 Å². The number of nitrogens with zero attached hydrogens (tertiary/aromatic N) is 2. The Morgan fingerprint density at radius 1 is 1.33 bits per heavy atom. The fourth-order valence-corrected chi connectivity index (χ4v) is 2.72. The van der Waals surface area contributed by atoms with Gasteiger partial charge in [-0.25, -0.2) is 4.98 Å². The Labute approximate surface area is 132 Å². The second-order valence-corrected chi connectivity index (χ2v) is 5.48. The molecule has 1 aromatic carbocycles. The summed E-state index contributed by atoms with van der Waals surface area (Å²) in [4.78, 5) is 16.9. The predicted octanol–water partition coefficient (Wildman–Crippen LogP) is 2.93. The fourth-order valence-electron chi connectivity index (χ4n) is 2.19. The molecule has 21 heavy (non-hydrogen) atoms. The van der Waals surface area contributed by atoms with Crippen molar-refractivity contribution in [3.05, 3.63) is 32.3 Å². The Morgan fingerprint density at radius 3 is 2.67 bits per heavy atom. The molecule has 2 rings (SSSR count). The van der Waals surface area contributed by atoms with Crippen LogP contribution in [0.3, 0.4) is 0 Å². The molecule has 5 nitrogen and oxygen atoms in total. The Balaban J connectivity index is 2.70. The van der Waals surface area contributed by atoms with E-state index in [4.69, 9.17) is 23.2 Å². The van der Waals surface area contributed by atoms with Crippen LogP contribution in [0.2, 0.25) is 10.0 Å². The molecule has 0 unspecified atom stereocenters. The topological polar surface area (TPSA) is 67.2 Å². The molecule has 0 aliphatic heterocycles. The molecule has 0 fully saturated rings. The van der Waals surface area contributed by atoms with Gasteiger partial charge in [0.25, 0.3) is 5.56 Å². The normalized spacial score (nSPS) is 11.2. The summed E-state index contributed by atoms with van der Waals surface area (Å²) < 4.78 is 1.55. The zero-order valence-electron chi connectivity index (χ0n) is 11.9. The highest BCUT2D eigenvalue weighted by atomic mass is 35.5. The highest BCUT2D eigenvalue weighted by Gasteiger charge is 2.17. The third kappa shape index (κ3) is 3.00. The van der Waals surface area contributed by atoms with Gasteiger partial charge in [-0.15, -0.1) is 0 Å². The van der Waals surface area contributed by atoms with Crippen molar-refractivity contribution >= 4 is 34.1 Å². The summed E-state index contributed by atoms with van der Waals surface area (Å²) >= 11 is 12.0. The van der Waals surface area contributed by atoms with Gasteiger partial charge >= 0.3 is 0 Å². The van der Waals surface area contributed by atoms with Crippen molar-refractivity contribution in [3.63, 3.8) is 0 Å². The second kappa shape index (κ2) is 6.64. The summed E-state index contributed by atoms with van der Waals surface area (Å²) in [6.45, 7) is 5.65. The van der Waals surface area contributed by atoms with Crippen LogP contribution in [0.5, 0.6) is 5.75 Å². The van der Waals surface area contributed by atoms with E-state index in [1.807, 2.05) is 6.92 Å². The first-order valence-corrected chi connectivity index (χ1v) is 7.57. The lowest BCUT2D eigenvalue weighted by molar-refractivity contribution is 0.479. The maximum absolute atomic E-state index is 12.6. The van der Waals surface area contributed by atoms with E-state index >= 15 is 0 Å². The van der Waals surface area contributed by atoms with E-state index in [9.17, 15) is 9.90 Å². The highest BCUT2D eigenvalue weighted by molar-refractivity contribution is 6.39. The van der Waals surface area contributed by atoms with Crippen LogP contribution < -0.4 is 10.9 Å². The number of rotatable bonds is 5. The van der Waals surface area contributed by atoms with E-state index in [0.717, 1.165) is 13.0 Å². The summed E-state index contributed by atoms with van der Waals surface area (Å²) in [6.07, 6.45) is 0.979. The van der Waals surface area contributed by atoms with Gasteiger partial charge in [0.2, 0.25) is 0 Å². The monoisotopic (exact) mass is 329 g/mol. The highest BCUT2D eigenvalue weighted by Crippen LogP contribution is 2.34. The van der Waals surface area contributed by atoms with Gasteiger partial charge in [0.1, 0.15) is 11.3 Å². The van der Waals surface area contributed by atoms with Gasteiger partial charge in [0.05, 0.1) is 22.0 Å². The molecule has 2 N–H and O–H groups in total. The molecule has 114 valence electrons. The number of aromatic nitrogens is 2. The van der Waals surface area contributed by atoms with Crippen LogP contribution in [0.25, 0.3) is 10.9 Å². The molecule has 0 amide bonds. The lowest BCUT2D eigenvalue weighted by atomic mass is 10.2. The lowest BCUT2D eigenvalue weighted by Gasteiger charge is -2.14. The Morgan fingerprint density at radius 2 is 2.05 bits per heavy atom. The molecule has 0 saturated carbocycles. The van der Waals surface area contributed by atoms with Crippen molar-refractivity contribution in [2.75, 3.05) is 6.54 Å². The number of phenols is 1. The number of halogens is 2. The zero-order chi connectivity index (χ0) is 15.6. The van der Waals surface area contributed by atoms with Crippen LogP contribution >= 0.6 is 23.2 Å². The molecule has 1 aromatic heterocycles. The largest absolute Gasteiger partial charge is 0.504 e. The Bertz CT molecular complexity index is 728. The number of hydrogen-bond acceptors (Lipinski definition) is 4. The average Bonchev–Trinajstić information content (AvgIpc) is 2.44. The second-order valence-electron chi connectivity index (χ2n) is 4.67. The maximum atomic E-state index is 12.6. The molecule has 1 heterocycles. The first-order chi connectivity index (χ1) is 10.0. The van der Waals surface area contributed by atoms with E-state index in [-0.39, 0.29) is 32.3 Å².